The minimum atomic E-state index is -3.28. The lowest BCUT2D eigenvalue weighted by atomic mass is 10.2. The second-order valence-electron chi connectivity index (χ2n) is 5.58. The number of benzene rings is 1. The molecule has 112 valence electrons. The summed E-state index contributed by atoms with van der Waals surface area (Å²) in [6.07, 6.45) is 1.19. The summed E-state index contributed by atoms with van der Waals surface area (Å²) in [5.41, 5.74) is 7.26. The van der Waals surface area contributed by atoms with Crippen molar-refractivity contribution >= 4 is 21.2 Å². The van der Waals surface area contributed by atoms with E-state index in [4.69, 9.17) is 5.73 Å². The van der Waals surface area contributed by atoms with E-state index in [-0.39, 0.29) is 4.90 Å². The van der Waals surface area contributed by atoms with Crippen molar-refractivity contribution < 1.29 is 8.42 Å². The minimum absolute atomic E-state index is 0.223. The highest BCUT2D eigenvalue weighted by Gasteiger charge is 2.22. The zero-order valence-electron chi connectivity index (χ0n) is 12.3. The Balaban J connectivity index is 2.23. The Morgan fingerprint density at radius 3 is 2.25 bits per heavy atom. The van der Waals surface area contributed by atoms with Crippen LogP contribution in [0.5, 0.6) is 0 Å². The van der Waals surface area contributed by atoms with E-state index in [1.54, 1.807) is 12.1 Å². The first kappa shape index (κ1) is 15.1. The van der Waals surface area contributed by atoms with Gasteiger partial charge in [0, 0.05) is 38.5 Å². The van der Waals surface area contributed by atoms with Crippen LogP contribution < -0.4 is 10.6 Å². The quantitative estimate of drug-likeness (QED) is 0.849. The van der Waals surface area contributed by atoms with Crippen molar-refractivity contribution in [1.29, 1.82) is 0 Å². The first-order valence-electron chi connectivity index (χ1n) is 6.88. The normalized spacial score (nSPS) is 17.7. The van der Waals surface area contributed by atoms with Crippen LogP contribution >= 0.6 is 0 Å². The topological polar surface area (TPSA) is 66.6 Å². The maximum atomic E-state index is 11.7. The summed E-state index contributed by atoms with van der Waals surface area (Å²) >= 11 is 0. The summed E-state index contributed by atoms with van der Waals surface area (Å²) in [5.74, 6) is 0. The summed E-state index contributed by atoms with van der Waals surface area (Å²) in [7, 11) is -3.28. The van der Waals surface area contributed by atoms with E-state index < -0.39 is 9.84 Å². The maximum Gasteiger partial charge on any atom is 0.177 e. The first-order valence-corrected chi connectivity index (χ1v) is 8.77. The van der Waals surface area contributed by atoms with Crippen LogP contribution in [0.3, 0.4) is 0 Å². The molecule has 1 saturated heterocycles. The second kappa shape index (κ2) is 5.61. The average Bonchev–Trinajstić information content (AvgIpc) is 2.37. The maximum absolute atomic E-state index is 11.7. The Hall–Kier alpha value is -1.27. The molecule has 1 aliphatic heterocycles. The fraction of sp³-hybridized carbons (Fsp3) is 0.571. The van der Waals surface area contributed by atoms with Gasteiger partial charge in [0.2, 0.25) is 0 Å². The molecule has 1 aliphatic rings. The molecular weight excluding hydrogens is 274 g/mol. The Morgan fingerprint density at radius 1 is 1.15 bits per heavy atom. The molecule has 1 fully saturated rings. The zero-order valence-corrected chi connectivity index (χ0v) is 13.2. The van der Waals surface area contributed by atoms with Gasteiger partial charge in [-0.3, -0.25) is 4.90 Å². The molecule has 0 bridgehead atoms. The van der Waals surface area contributed by atoms with Crippen LogP contribution in [0.2, 0.25) is 0 Å². The molecule has 0 atom stereocenters. The van der Waals surface area contributed by atoms with Crippen molar-refractivity contribution in [2.24, 2.45) is 0 Å². The molecule has 0 amide bonds. The molecule has 1 aromatic carbocycles. The lowest BCUT2D eigenvalue weighted by Gasteiger charge is -2.38. The molecular formula is C14H23N3O2S. The van der Waals surface area contributed by atoms with Gasteiger partial charge in [-0.25, -0.2) is 8.42 Å². The predicted octanol–water partition coefficient (Wildman–Crippen LogP) is 1.20. The van der Waals surface area contributed by atoms with Crippen molar-refractivity contribution in [3.63, 3.8) is 0 Å². The monoisotopic (exact) mass is 297 g/mol. The van der Waals surface area contributed by atoms with Gasteiger partial charge in [0.05, 0.1) is 16.3 Å². The molecule has 0 unspecified atom stereocenters. The third kappa shape index (κ3) is 3.07. The lowest BCUT2D eigenvalue weighted by molar-refractivity contribution is 0.209. The molecule has 20 heavy (non-hydrogen) atoms. The number of hydrogen-bond donors (Lipinski definition) is 1. The molecule has 0 aliphatic carbocycles. The number of sulfone groups is 1. The van der Waals surface area contributed by atoms with Gasteiger partial charge in [-0.05, 0) is 26.0 Å². The molecule has 5 nitrogen and oxygen atoms in total. The number of nitrogens with zero attached hydrogens (tertiary/aromatic N) is 2. The van der Waals surface area contributed by atoms with E-state index in [1.807, 2.05) is 6.07 Å². The summed E-state index contributed by atoms with van der Waals surface area (Å²) in [5, 5.41) is 0. The Morgan fingerprint density at radius 2 is 1.75 bits per heavy atom. The van der Waals surface area contributed by atoms with Crippen LogP contribution in [0.1, 0.15) is 13.8 Å². The van der Waals surface area contributed by atoms with E-state index in [0.717, 1.165) is 31.9 Å². The van der Waals surface area contributed by atoms with Gasteiger partial charge < -0.3 is 10.6 Å². The molecule has 0 aromatic heterocycles. The van der Waals surface area contributed by atoms with E-state index in [0.29, 0.717) is 11.7 Å². The van der Waals surface area contributed by atoms with Gasteiger partial charge in [0.1, 0.15) is 0 Å². The van der Waals surface area contributed by atoms with Gasteiger partial charge in [0.25, 0.3) is 0 Å². The van der Waals surface area contributed by atoms with Crippen LogP contribution in [-0.4, -0.2) is 51.8 Å². The predicted molar refractivity (Wildman–Crippen MR) is 82.9 cm³/mol. The molecule has 6 heteroatoms. The second-order valence-corrected chi connectivity index (χ2v) is 7.56. The van der Waals surface area contributed by atoms with Crippen LogP contribution in [0, 0.1) is 0 Å². The van der Waals surface area contributed by atoms with Crippen LogP contribution in [0.15, 0.2) is 23.1 Å². The van der Waals surface area contributed by atoms with E-state index >= 15 is 0 Å². The number of nitrogens with two attached hydrogens (primary N) is 1. The highest BCUT2D eigenvalue weighted by Crippen LogP contribution is 2.30. The SMILES string of the molecule is CC(C)N1CCN(c2cccc(S(C)(=O)=O)c2N)CC1. The lowest BCUT2D eigenvalue weighted by Crippen LogP contribution is -2.49. The van der Waals surface area contributed by atoms with Gasteiger partial charge in [-0.1, -0.05) is 6.07 Å². The number of para-hydroxylation sites is 1. The van der Waals surface area contributed by atoms with Gasteiger partial charge >= 0.3 is 0 Å². The largest absolute Gasteiger partial charge is 0.396 e. The Labute approximate surface area is 121 Å². The molecule has 0 spiro atoms. The standard InChI is InChI=1S/C14H23N3O2S/c1-11(2)16-7-9-17(10-8-16)12-5-4-6-13(14(12)15)20(3,18)19/h4-6,11H,7-10,15H2,1-3H3. The molecule has 2 N–H and O–H groups in total. The van der Waals surface area contributed by atoms with Crippen LogP contribution in [0.25, 0.3) is 0 Å². The number of piperazine rings is 1. The molecule has 1 aromatic rings. The third-order valence-electron chi connectivity index (χ3n) is 3.83. The Kier molecular flexibility index (Phi) is 4.25. The number of hydrogen-bond acceptors (Lipinski definition) is 5. The summed E-state index contributed by atoms with van der Waals surface area (Å²) in [4.78, 5) is 4.80. The van der Waals surface area contributed by atoms with Crippen LogP contribution in [-0.2, 0) is 9.84 Å². The average molecular weight is 297 g/mol. The van der Waals surface area contributed by atoms with Crippen LogP contribution in [0.4, 0.5) is 11.4 Å². The molecule has 2 rings (SSSR count). The number of nitrogen functional groups attached to an aromatic ring is 1. The molecule has 0 radical (unpaired) electrons. The zero-order chi connectivity index (χ0) is 14.9. The fourth-order valence-corrected chi connectivity index (χ4v) is 3.44. The highest BCUT2D eigenvalue weighted by molar-refractivity contribution is 7.90. The van der Waals surface area contributed by atoms with Crippen molar-refractivity contribution in [2.75, 3.05) is 43.1 Å². The van der Waals surface area contributed by atoms with E-state index in [2.05, 4.69) is 23.6 Å². The van der Waals surface area contributed by atoms with Crippen molar-refractivity contribution in [1.82, 2.24) is 4.90 Å². The minimum Gasteiger partial charge on any atom is -0.396 e. The van der Waals surface area contributed by atoms with Crippen molar-refractivity contribution in [3.05, 3.63) is 18.2 Å². The molecule has 1 heterocycles. The number of rotatable bonds is 3. The summed E-state index contributed by atoms with van der Waals surface area (Å²) < 4.78 is 23.4. The van der Waals surface area contributed by atoms with Gasteiger partial charge in [0.15, 0.2) is 9.84 Å². The molecule has 0 saturated carbocycles. The van der Waals surface area contributed by atoms with Gasteiger partial charge in [-0.15, -0.1) is 0 Å². The fourth-order valence-electron chi connectivity index (χ4n) is 2.61. The van der Waals surface area contributed by atoms with E-state index in [9.17, 15) is 8.42 Å². The van der Waals surface area contributed by atoms with Gasteiger partial charge in [-0.2, -0.15) is 0 Å². The van der Waals surface area contributed by atoms with Crippen molar-refractivity contribution in [2.45, 2.75) is 24.8 Å². The van der Waals surface area contributed by atoms with E-state index in [1.165, 1.54) is 6.26 Å². The Bertz CT molecular complexity index is 576. The number of anilines is 2. The third-order valence-corrected chi connectivity index (χ3v) is 4.98. The summed E-state index contributed by atoms with van der Waals surface area (Å²) in [6.45, 7) is 8.06. The smallest absolute Gasteiger partial charge is 0.177 e. The first-order chi connectivity index (χ1) is 9.30. The summed E-state index contributed by atoms with van der Waals surface area (Å²) in [6, 6.07) is 5.77. The highest BCUT2D eigenvalue weighted by atomic mass is 32.2. The van der Waals surface area contributed by atoms with Crippen molar-refractivity contribution in [3.8, 4) is 0 Å².